The molecule has 0 radical (unpaired) electrons. The third kappa shape index (κ3) is 5.55. The number of nitrogens with zero attached hydrogens (tertiary/aromatic N) is 3. The first kappa shape index (κ1) is 18.4. The Bertz CT molecular complexity index is 541. The first-order valence-corrected chi connectivity index (χ1v) is 9.84. The van der Waals surface area contributed by atoms with Crippen LogP contribution in [0.1, 0.15) is 30.4 Å². The van der Waals surface area contributed by atoms with Crippen molar-refractivity contribution in [3.8, 4) is 0 Å². The SMILES string of the molecule is Cc1ccc(CCN2CCC(CC(=O)N3CCN(C)CC3)CC2)cc1. The van der Waals surface area contributed by atoms with Crippen LogP contribution in [0.5, 0.6) is 0 Å². The molecular formula is C21H33N3O. The zero-order valence-corrected chi connectivity index (χ0v) is 15.9. The van der Waals surface area contributed by atoms with E-state index in [1.54, 1.807) is 0 Å². The monoisotopic (exact) mass is 343 g/mol. The second-order valence-corrected chi connectivity index (χ2v) is 7.91. The quantitative estimate of drug-likeness (QED) is 0.821. The van der Waals surface area contributed by atoms with Crippen LogP contribution < -0.4 is 0 Å². The van der Waals surface area contributed by atoms with Gasteiger partial charge in [-0.1, -0.05) is 29.8 Å². The maximum atomic E-state index is 12.5. The number of carbonyl (C=O) groups excluding carboxylic acids is 1. The van der Waals surface area contributed by atoms with Crippen molar-refractivity contribution in [2.24, 2.45) is 5.92 Å². The fourth-order valence-corrected chi connectivity index (χ4v) is 3.89. The summed E-state index contributed by atoms with van der Waals surface area (Å²) >= 11 is 0. The minimum atomic E-state index is 0.381. The lowest BCUT2D eigenvalue weighted by molar-refractivity contribution is -0.134. The Balaban J connectivity index is 1.35. The molecule has 4 nitrogen and oxygen atoms in total. The first-order chi connectivity index (χ1) is 12.1. The van der Waals surface area contributed by atoms with Crippen molar-refractivity contribution in [2.45, 2.75) is 32.6 Å². The van der Waals surface area contributed by atoms with Gasteiger partial charge in [0.05, 0.1) is 0 Å². The number of hydrogen-bond donors (Lipinski definition) is 0. The maximum absolute atomic E-state index is 12.5. The Labute approximate surface area is 152 Å². The molecule has 1 aromatic carbocycles. The molecule has 2 aliphatic rings. The number of likely N-dealkylation sites (tertiary alicyclic amines) is 1. The van der Waals surface area contributed by atoms with Gasteiger partial charge in [-0.05, 0) is 57.8 Å². The molecule has 1 aromatic rings. The summed E-state index contributed by atoms with van der Waals surface area (Å²) in [6.07, 6.45) is 4.24. The van der Waals surface area contributed by atoms with E-state index in [9.17, 15) is 4.79 Å². The van der Waals surface area contributed by atoms with Gasteiger partial charge in [0.25, 0.3) is 0 Å². The molecule has 4 heteroatoms. The fraction of sp³-hybridized carbons (Fsp3) is 0.667. The summed E-state index contributed by atoms with van der Waals surface area (Å²) in [7, 11) is 2.13. The highest BCUT2D eigenvalue weighted by Crippen LogP contribution is 2.22. The van der Waals surface area contributed by atoms with Crippen molar-refractivity contribution >= 4 is 5.91 Å². The number of aryl methyl sites for hydroxylation is 1. The van der Waals surface area contributed by atoms with Gasteiger partial charge in [0, 0.05) is 39.1 Å². The molecule has 138 valence electrons. The highest BCUT2D eigenvalue weighted by molar-refractivity contribution is 5.76. The second kappa shape index (κ2) is 8.81. The van der Waals surface area contributed by atoms with Gasteiger partial charge in [0.15, 0.2) is 0 Å². The standard InChI is InChI=1S/C21H33N3O/c1-18-3-5-19(6-4-18)7-10-23-11-8-20(9-12-23)17-21(25)24-15-13-22(2)14-16-24/h3-6,20H,7-17H2,1-2H3. The molecule has 0 spiro atoms. The van der Waals surface area contributed by atoms with Crippen LogP contribution in [0.25, 0.3) is 0 Å². The second-order valence-electron chi connectivity index (χ2n) is 7.91. The average molecular weight is 344 g/mol. The topological polar surface area (TPSA) is 26.8 Å². The lowest BCUT2D eigenvalue weighted by atomic mass is 9.92. The molecule has 0 unspecified atom stereocenters. The van der Waals surface area contributed by atoms with Crippen molar-refractivity contribution < 1.29 is 4.79 Å². The molecule has 2 heterocycles. The van der Waals surface area contributed by atoms with E-state index in [-0.39, 0.29) is 0 Å². The minimum Gasteiger partial charge on any atom is -0.340 e. The van der Waals surface area contributed by atoms with Crippen molar-refractivity contribution in [3.05, 3.63) is 35.4 Å². The zero-order valence-electron chi connectivity index (χ0n) is 15.9. The smallest absolute Gasteiger partial charge is 0.222 e. The molecule has 3 rings (SSSR count). The van der Waals surface area contributed by atoms with Crippen LogP contribution in [-0.2, 0) is 11.2 Å². The van der Waals surface area contributed by atoms with Gasteiger partial charge in [-0.15, -0.1) is 0 Å². The predicted octanol–water partition coefficient (Wildman–Crippen LogP) is 2.41. The van der Waals surface area contributed by atoms with Crippen LogP contribution in [0.4, 0.5) is 0 Å². The number of rotatable bonds is 5. The Morgan fingerprint density at radius 1 is 1.00 bits per heavy atom. The lowest BCUT2D eigenvalue weighted by Crippen LogP contribution is -2.47. The molecular weight excluding hydrogens is 310 g/mol. The van der Waals surface area contributed by atoms with Crippen LogP contribution in [-0.4, -0.2) is 73.5 Å². The van der Waals surface area contributed by atoms with E-state index in [2.05, 4.69) is 52.9 Å². The van der Waals surface area contributed by atoms with Crippen molar-refractivity contribution in [3.63, 3.8) is 0 Å². The number of amides is 1. The molecule has 0 saturated carbocycles. The third-order valence-corrected chi connectivity index (χ3v) is 5.86. The average Bonchev–Trinajstić information content (AvgIpc) is 2.63. The van der Waals surface area contributed by atoms with Gasteiger partial charge >= 0.3 is 0 Å². The highest BCUT2D eigenvalue weighted by atomic mass is 16.2. The fourth-order valence-electron chi connectivity index (χ4n) is 3.89. The van der Waals surface area contributed by atoms with Gasteiger partial charge in [-0.2, -0.15) is 0 Å². The van der Waals surface area contributed by atoms with Gasteiger partial charge in [0.1, 0.15) is 0 Å². The molecule has 0 atom stereocenters. The Hall–Kier alpha value is -1.39. The summed E-state index contributed by atoms with van der Waals surface area (Å²) < 4.78 is 0. The zero-order chi connectivity index (χ0) is 17.6. The Morgan fingerprint density at radius 2 is 1.64 bits per heavy atom. The van der Waals surface area contributed by atoms with E-state index in [1.165, 1.54) is 24.0 Å². The van der Waals surface area contributed by atoms with E-state index in [1.807, 2.05) is 0 Å². The summed E-state index contributed by atoms with van der Waals surface area (Å²) in [5, 5.41) is 0. The molecule has 2 aliphatic heterocycles. The molecule has 0 aliphatic carbocycles. The number of hydrogen-bond acceptors (Lipinski definition) is 3. The highest BCUT2D eigenvalue weighted by Gasteiger charge is 2.25. The molecule has 0 N–H and O–H groups in total. The van der Waals surface area contributed by atoms with Gasteiger partial charge < -0.3 is 14.7 Å². The molecule has 1 amide bonds. The molecule has 0 bridgehead atoms. The van der Waals surface area contributed by atoms with Crippen LogP contribution in [0, 0.1) is 12.8 Å². The summed E-state index contributed by atoms with van der Waals surface area (Å²) in [6, 6.07) is 8.89. The van der Waals surface area contributed by atoms with E-state index >= 15 is 0 Å². The molecule has 25 heavy (non-hydrogen) atoms. The summed E-state index contributed by atoms with van der Waals surface area (Å²) in [5.74, 6) is 0.967. The molecule has 2 fully saturated rings. The largest absolute Gasteiger partial charge is 0.340 e. The first-order valence-electron chi connectivity index (χ1n) is 9.84. The van der Waals surface area contributed by atoms with Crippen LogP contribution in [0.3, 0.4) is 0 Å². The number of benzene rings is 1. The molecule has 2 saturated heterocycles. The number of piperazine rings is 1. The predicted molar refractivity (Wildman–Crippen MR) is 103 cm³/mol. The molecule has 0 aromatic heterocycles. The van der Waals surface area contributed by atoms with Crippen LogP contribution in [0.2, 0.25) is 0 Å². The summed E-state index contributed by atoms with van der Waals surface area (Å²) in [6.45, 7) is 9.42. The summed E-state index contributed by atoms with van der Waals surface area (Å²) in [5.41, 5.74) is 2.76. The van der Waals surface area contributed by atoms with Gasteiger partial charge in [0.2, 0.25) is 5.91 Å². The number of piperidine rings is 1. The maximum Gasteiger partial charge on any atom is 0.222 e. The Morgan fingerprint density at radius 3 is 2.28 bits per heavy atom. The minimum absolute atomic E-state index is 0.381. The van der Waals surface area contributed by atoms with E-state index in [0.717, 1.165) is 58.7 Å². The third-order valence-electron chi connectivity index (χ3n) is 5.86. The van der Waals surface area contributed by atoms with E-state index in [4.69, 9.17) is 0 Å². The van der Waals surface area contributed by atoms with Gasteiger partial charge in [-0.3, -0.25) is 4.79 Å². The lowest BCUT2D eigenvalue weighted by Gasteiger charge is -2.35. The van der Waals surface area contributed by atoms with Crippen molar-refractivity contribution in [1.29, 1.82) is 0 Å². The van der Waals surface area contributed by atoms with Crippen LogP contribution in [0.15, 0.2) is 24.3 Å². The van der Waals surface area contributed by atoms with Gasteiger partial charge in [-0.25, -0.2) is 0 Å². The number of likely N-dealkylation sites (N-methyl/N-ethyl adjacent to an activating group) is 1. The van der Waals surface area contributed by atoms with Crippen LogP contribution >= 0.6 is 0 Å². The van der Waals surface area contributed by atoms with E-state index < -0.39 is 0 Å². The Kier molecular flexibility index (Phi) is 6.49. The number of carbonyl (C=O) groups is 1. The van der Waals surface area contributed by atoms with E-state index in [0.29, 0.717) is 11.8 Å². The normalized spacial score (nSPS) is 20.8. The van der Waals surface area contributed by atoms with Crippen molar-refractivity contribution in [1.82, 2.24) is 14.7 Å². The summed E-state index contributed by atoms with van der Waals surface area (Å²) in [4.78, 5) is 19.4. The van der Waals surface area contributed by atoms with Crippen molar-refractivity contribution in [2.75, 3.05) is 52.9 Å².